The lowest BCUT2D eigenvalue weighted by Gasteiger charge is -2.21. The van der Waals surface area contributed by atoms with Gasteiger partial charge in [-0.2, -0.15) is 0 Å². The number of carbonyl (C=O) groups is 2. The Kier molecular flexibility index (Phi) is 9.53. The van der Waals surface area contributed by atoms with Gasteiger partial charge in [0, 0.05) is 12.6 Å². The van der Waals surface area contributed by atoms with Gasteiger partial charge in [-0.3, -0.25) is 9.79 Å². The maximum Gasteiger partial charge on any atom is 0.341 e. The number of methoxy groups -OCH3 is 1. The second-order valence-electron chi connectivity index (χ2n) is 6.25. The first-order valence-electron chi connectivity index (χ1n) is 7.59. The lowest BCUT2D eigenvalue weighted by Crippen LogP contribution is -2.48. The molecule has 9 heteroatoms. The Morgan fingerprint density at radius 2 is 1.92 bits per heavy atom. The average Bonchev–Trinajstić information content (AvgIpc) is 2.86. The third-order valence-corrected chi connectivity index (χ3v) is 2.96. The van der Waals surface area contributed by atoms with Crippen LogP contribution < -0.4 is 16.0 Å². The van der Waals surface area contributed by atoms with E-state index in [-0.39, 0.29) is 42.0 Å². The molecule has 0 radical (unpaired) electrons. The van der Waals surface area contributed by atoms with E-state index < -0.39 is 5.97 Å². The maximum absolute atomic E-state index is 11.8. The van der Waals surface area contributed by atoms with Crippen LogP contribution in [0, 0.1) is 6.92 Å². The van der Waals surface area contributed by atoms with E-state index in [1.807, 2.05) is 20.8 Å². The van der Waals surface area contributed by atoms with Crippen LogP contribution in [0.5, 0.6) is 0 Å². The van der Waals surface area contributed by atoms with Crippen LogP contribution in [0.15, 0.2) is 15.5 Å². The molecule has 3 N–H and O–H groups in total. The molecule has 0 spiro atoms. The van der Waals surface area contributed by atoms with Crippen molar-refractivity contribution >= 4 is 41.8 Å². The summed E-state index contributed by atoms with van der Waals surface area (Å²) in [7, 11) is 2.92. The van der Waals surface area contributed by atoms with Crippen molar-refractivity contribution in [1.29, 1.82) is 0 Å². The summed E-state index contributed by atoms with van der Waals surface area (Å²) in [6.45, 7) is 7.85. The number of rotatable bonds is 5. The minimum atomic E-state index is -0.441. The van der Waals surface area contributed by atoms with Crippen molar-refractivity contribution in [2.24, 2.45) is 4.99 Å². The van der Waals surface area contributed by atoms with Gasteiger partial charge in [0.05, 0.1) is 20.2 Å². The Morgan fingerprint density at radius 1 is 1.28 bits per heavy atom. The SMILES string of the molecule is CN=C(NCC(=O)NC(C)(C)C)NCc1cc(C(=O)OC)c(C)o1.I. The predicted molar refractivity (Wildman–Crippen MR) is 106 cm³/mol. The van der Waals surface area contributed by atoms with E-state index >= 15 is 0 Å². The second kappa shape index (κ2) is 10.3. The van der Waals surface area contributed by atoms with Crippen molar-refractivity contribution in [2.75, 3.05) is 20.7 Å². The highest BCUT2D eigenvalue weighted by Crippen LogP contribution is 2.15. The van der Waals surface area contributed by atoms with E-state index in [4.69, 9.17) is 4.42 Å². The molecule has 0 atom stereocenters. The summed E-state index contributed by atoms with van der Waals surface area (Å²) in [5, 5.41) is 8.77. The molecule has 0 aromatic carbocycles. The number of hydrogen-bond acceptors (Lipinski definition) is 5. The van der Waals surface area contributed by atoms with Crippen LogP contribution in [0.3, 0.4) is 0 Å². The maximum atomic E-state index is 11.8. The van der Waals surface area contributed by atoms with Crippen molar-refractivity contribution in [1.82, 2.24) is 16.0 Å². The molecule has 1 aromatic rings. The lowest BCUT2D eigenvalue weighted by molar-refractivity contribution is -0.121. The molecule has 0 saturated heterocycles. The van der Waals surface area contributed by atoms with Crippen LogP contribution in [0.25, 0.3) is 0 Å². The van der Waals surface area contributed by atoms with Crippen LogP contribution >= 0.6 is 24.0 Å². The fourth-order valence-electron chi connectivity index (χ4n) is 1.96. The number of guanidine groups is 1. The van der Waals surface area contributed by atoms with Crippen LogP contribution in [0.2, 0.25) is 0 Å². The van der Waals surface area contributed by atoms with Crippen LogP contribution in [-0.2, 0) is 16.1 Å². The molecule has 8 nitrogen and oxygen atoms in total. The molecule has 1 rings (SSSR count). The van der Waals surface area contributed by atoms with Gasteiger partial charge in [-0.15, -0.1) is 24.0 Å². The van der Waals surface area contributed by atoms with Crippen LogP contribution in [0.1, 0.15) is 42.6 Å². The number of carbonyl (C=O) groups excluding carboxylic acids is 2. The summed E-state index contributed by atoms with van der Waals surface area (Å²) in [6.07, 6.45) is 0. The number of furan rings is 1. The summed E-state index contributed by atoms with van der Waals surface area (Å²) in [5.41, 5.74) is 0.105. The molecule has 0 aliphatic heterocycles. The molecule has 0 unspecified atom stereocenters. The van der Waals surface area contributed by atoms with Crippen molar-refractivity contribution < 1.29 is 18.7 Å². The largest absolute Gasteiger partial charge is 0.465 e. The molecule has 0 saturated carbocycles. The summed E-state index contributed by atoms with van der Waals surface area (Å²) in [4.78, 5) is 27.4. The van der Waals surface area contributed by atoms with Crippen LogP contribution in [0.4, 0.5) is 0 Å². The highest BCUT2D eigenvalue weighted by Gasteiger charge is 2.16. The Morgan fingerprint density at radius 3 is 2.44 bits per heavy atom. The van der Waals surface area contributed by atoms with Gasteiger partial charge in [-0.05, 0) is 33.8 Å². The number of halogens is 1. The Balaban J connectivity index is 0.00000576. The number of aliphatic imine (C=N–C) groups is 1. The molecule has 0 aliphatic rings. The number of nitrogens with zero attached hydrogens (tertiary/aromatic N) is 1. The van der Waals surface area contributed by atoms with E-state index in [1.54, 1.807) is 20.0 Å². The second-order valence-corrected chi connectivity index (χ2v) is 6.25. The van der Waals surface area contributed by atoms with Gasteiger partial charge in [0.1, 0.15) is 17.1 Å². The topological polar surface area (TPSA) is 105 Å². The zero-order valence-corrected chi connectivity index (χ0v) is 17.8. The Hall–Kier alpha value is -1.78. The van der Waals surface area contributed by atoms with Crippen molar-refractivity contribution in [3.63, 3.8) is 0 Å². The van der Waals surface area contributed by atoms with Crippen molar-refractivity contribution in [3.05, 3.63) is 23.2 Å². The third kappa shape index (κ3) is 8.23. The van der Waals surface area contributed by atoms with Gasteiger partial charge in [0.15, 0.2) is 5.96 Å². The first-order chi connectivity index (χ1) is 11.2. The fourth-order valence-corrected chi connectivity index (χ4v) is 1.96. The van der Waals surface area contributed by atoms with Gasteiger partial charge in [0.2, 0.25) is 5.91 Å². The minimum Gasteiger partial charge on any atom is -0.465 e. The summed E-state index contributed by atoms with van der Waals surface area (Å²) >= 11 is 0. The number of amides is 1. The van der Waals surface area contributed by atoms with E-state index in [0.717, 1.165) is 0 Å². The summed E-state index contributed by atoms with van der Waals surface area (Å²) < 4.78 is 10.2. The van der Waals surface area contributed by atoms with E-state index in [2.05, 4.69) is 25.7 Å². The molecule has 0 aliphatic carbocycles. The molecule has 1 aromatic heterocycles. The number of ether oxygens (including phenoxy) is 1. The quantitative estimate of drug-likeness (QED) is 0.264. The first-order valence-corrected chi connectivity index (χ1v) is 7.59. The number of aryl methyl sites for hydroxylation is 1. The zero-order valence-electron chi connectivity index (χ0n) is 15.5. The third-order valence-electron chi connectivity index (χ3n) is 2.96. The first kappa shape index (κ1) is 23.2. The fraction of sp³-hybridized carbons (Fsp3) is 0.562. The Labute approximate surface area is 165 Å². The van der Waals surface area contributed by atoms with Crippen LogP contribution in [-0.4, -0.2) is 44.1 Å². The molecule has 1 heterocycles. The molecule has 0 fully saturated rings. The van der Waals surface area contributed by atoms with E-state index in [0.29, 0.717) is 29.6 Å². The van der Waals surface area contributed by atoms with Crippen molar-refractivity contribution in [2.45, 2.75) is 39.8 Å². The van der Waals surface area contributed by atoms with Gasteiger partial charge < -0.3 is 25.1 Å². The normalized spacial score (nSPS) is 11.4. The summed E-state index contributed by atoms with van der Waals surface area (Å²) in [6, 6.07) is 1.62. The van der Waals surface area contributed by atoms with Crippen molar-refractivity contribution in [3.8, 4) is 0 Å². The summed E-state index contributed by atoms with van der Waals surface area (Å²) in [5.74, 6) is 0.935. The number of esters is 1. The van der Waals surface area contributed by atoms with Gasteiger partial charge in [0.25, 0.3) is 0 Å². The molecule has 142 valence electrons. The number of hydrogen-bond donors (Lipinski definition) is 3. The standard InChI is InChI=1S/C16H26N4O4.HI/c1-10-12(14(22)23-6)7-11(24-10)8-18-15(17-5)19-9-13(21)20-16(2,3)4;/h7H,8-9H2,1-6H3,(H,20,21)(H2,17,18,19);1H. The number of nitrogens with one attached hydrogen (secondary N) is 3. The molecular weight excluding hydrogens is 439 g/mol. The molecular formula is C16H27IN4O4. The molecule has 25 heavy (non-hydrogen) atoms. The van der Waals surface area contributed by atoms with Gasteiger partial charge >= 0.3 is 5.97 Å². The lowest BCUT2D eigenvalue weighted by atomic mass is 10.1. The van der Waals surface area contributed by atoms with Gasteiger partial charge in [-0.25, -0.2) is 4.79 Å². The highest BCUT2D eigenvalue weighted by atomic mass is 127. The minimum absolute atomic E-state index is 0. The Bertz CT molecular complexity index is 620. The highest BCUT2D eigenvalue weighted by molar-refractivity contribution is 14.0. The smallest absolute Gasteiger partial charge is 0.341 e. The van der Waals surface area contributed by atoms with E-state index in [9.17, 15) is 9.59 Å². The molecule has 0 bridgehead atoms. The molecule has 1 amide bonds. The van der Waals surface area contributed by atoms with E-state index in [1.165, 1.54) is 7.11 Å². The predicted octanol–water partition coefficient (Wildman–Crippen LogP) is 1.57. The van der Waals surface area contributed by atoms with Gasteiger partial charge in [-0.1, -0.05) is 0 Å². The zero-order chi connectivity index (χ0) is 18.3. The monoisotopic (exact) mass is 466 g/mol. The average molecular weight is 466 g/mol.